The summed E-state index contributed by atoms with van der Waals surface area (Å²) in [5, 5.41) is 2.80. The van der Waals surface area contributed by atoms with Crippen molar-refractivity contribution in [3.05, 3.63) is 24.3 Å². The van der Waals surface area contributed by atoms with Gasteiger partial charge in [0.05, 0.1) is 10.8 Å². The molecule has 2 fully saturated rings. The first-order valence-electron chi connectivity index (χ1n) is 9.60. The molecule has 27 heavy (non-hydrogen) atoms. The van der Waals surface area contributed by atoms with Crippen LogP contribution in [0.4, 0.5) is 5.69 Å². The van der Waals surface area contributed by atoms with Crippen LogP contribution >= 0.6 is 0 Å². The van der Waals surface area contributed by atoms with E-state index < -0.39 is 10.0 Å². The van der Waals surface area contributed by atoms with Crippen molar-refractivity contribution in [2.45, 2.75) is 43.9 Å². The molecule has 3 rings (SSSR count). The molecule has 0 aromatic heterocycles. The minimum absolute atomic E-state index is 0.0238. The molecule has 2 heterocycles. The molecule has 2 aliphatic rings. The molecule has 2 saturated heterocycles. The number of nitrogens with one attached hydrogen (secondary N) is 1. The van der Waals surface area contributed by atoms with Crippen LogP contribution < -0.4 is 5.32 Å². The first kappa shape index (κ1) is 19.8. The molecule has 0 aliphatic carbocycles. The lowest BCUT2D eigenvalue weighted by molar-refractivity contribution is -0.128. The van der Waals surface area contributed by atoms with Crippen molar-refractivity contribution in [1.82, 2.24) is 9.21 Å². The zero-order valence-corrected chi connectivity index (χ0v) is 16.5. The molecule has 148 valence electrons. The Morgan fingerprint density at radius 3 is 2.48 bits per heavy atom. The molecular formula is C19H27N3O4S. The fourth-order valence-corrected chi connectivity index (χ4v) is 5.06. The van der Waals surface area contributed by atoms with Crippen LogP contribution in [0, 0.1) is 5.92 Å². The van der Waals surface area contributed by atoms with Gasteiger partial charge in [0.25, 0.3) is 0 Å². The maximum absolute atomic E-state index is 12.5. The van der Waals surface area contributed by atoms with Crippen molar-refractivity contribution in [3.8, 4) is 0 Å². The quantitative estimate of drug-likeness (QED) is 0.768. The molecule has 1 aromatic rings. The first-order chi connectivity index (χ1) is 12.9. The van der Waals surface area contributed by atoms with E-state index in [0.29, 0.717) is 31.9 Å². The van der Waals surface area contributed by atoms with Gasteiger partial charge in [-0.15, -0.1) is 0 Å². The number of anilines is 1. The van der Waals surface area contributed by atoms with Crippen LogP contribution in [0.5, 0.6) is 0 Å². The van der Waals surface area contributed by atoms with E-state index >= 15 is 0 Å². The predicted octanol–water partition coefficient (Wildman–Crippen LogP) is 2.06. The van der Waals surface area contributed by atoms with Crippen LogP contribution in [0.25, 0.3) is 0 Å². The molecule has 0 unspecified atom stereocenters. The van der Waals surface area contributed by atoms with Gasteiger partial charge < -0.3 is 10.2 Å². The number of sulfonamides is 1. The van der Waals surface area contributed by atoms with Gasteiger partial charge in [0, 0.05) is 38.3 Å². The van der Waals surface area contributed by atoms with E-state index in [9.17, 15) is 18.0 Å². The van der Waals surface area contributed by atoms with Crippen LogP contribution in [-0.4, -0.2) is 55.6 Å². The van der Waals surface area contributed by atoms with E-state index in [0.717, 1.165) is 25.7 Å². The summed E-state index contributed by atoms with van der Waals surface area (Å²) in [5.41, 5.74) is 0.542. The average molecular weight is 394 g/mol. The van der Waals surface area contributed by atoms with Gasteiger partial charge in [0.2, 0.25) is 21.8 Å². The molecule has 7 nitrogen and oxygen atoms in total. The van der Waals surface area contributed by atoms with Gasteiger partial charge in [-0.05, 0) is 43.5 Å². The molecule has 8 heteroatoms. The molecule has 0 radical (unpaired) electrons. The van der Waals surface area contributed by atoms with E-state index in [2.05, 4.69) is 12.2 Å². The fraction of sp³-hybridized carbons (Fsp3) is 0.579. The summed E-state index contributed by atoms with van der Waals surface area (Å²) in [6, 6.07) is 6.26. The highest BCUT2D eigenvalue weighted by Gasteiger charge is 2.34. The zero-order valence-electron chi connectivity index (χ0n) is 15.7. The number of likely N-dealkylation sites (tertiary alicyclic amines) is 1. The van der Waals surface area contributed by atoms with E-state index in [1.807, 2.05) is 0 Å². The molecule has 1 N–H and O–H groups in total. The summed E-state index contributed by atoms with van der Waals surface area (Å²) in [7, 11) is -3.45. The second-order valence-electron chi connectivity index (χ2n) is 7.22. The van der Waals surface area contributed by atoms with Gasteiger partial charge >= 0.3 is 0 Å². The highest BCUT2D eigenvalue weighted by atomic mass is 32.2. The molecular weight excluding hydrogens is 366 g/mol. The van der Waals surface area contributed by atoms with E-state index in [1.165, 1.54) is 16.4 Å². The zero-order chi connectivity index (χ0) is 19.4. The number of benzene rings is 1. The van der Waals surface area contributed by atoms with E-state index in [4.69, 9.17) is 0 Å². The number of rotatable bonds is 7. The number of amides is 2. The summed E-state index contributed by atoms with van der Waals surface area (Å²) in [6.45, 7) is 4.34. The monoisotopic (exact) mass is 393 g/mol. The van der Waals surface area contributed by atoms with Crippen molar-refractivity contribution in [1.29, 1.82) is 0 Å². The van der Waals surface area contributed by atoms with Gasteiger partial charge in [-0.25, -0.2) is 8.42 Å². The van der Waals surface area contributed by atoms with Crippen molar-refractivity contribution in [3.63, 3.8) is 0 Å². The molecule has 2 amide bonds. The summed E-state index contributed by atoms with van der Waals surface area (Å²) in [5.74, 6) is -0.532. The fourth-order valence-electron chi connectivity index (χ4n) is 3.54. The summed E-state index contributed by atoms with van der Waals surface area (Å²) in [6.07, 6.45) is 3.96. The van der Waals surface area contributed by atoms with Gasteiger partial charge in [0.15, 0.2) is 0 Å². The van der Waals surface area contributed by atoms with Crippen LogP contribution in [0.1, 0.15) is 39.0 Å². The van der Waals surface area contributed by atoms with Gasteiger partial charge in [-0.1, -0.05) is 13.3 Å². The van der Waals surface area contributed by atoms with Crippen LogP contribution in [0.2, 0.25) is 0 Å². The Kier molecular flexibility index (Phi) is 6.16. The van der Waals surface area contributed by atoms with E-state index in [1.54, 1.807) is 17.0 Å². The largest absolute Gasteiger partial charge is 0.342 e. The molecule has 1 atom stereocenters. The van der Waals surface area contributed by atoms with Gasteiger partial charge in [-0.3, -0.25) is 9.59 Å². The first-order valence-corrected chi connectivity index (χ1v) is 11.0. The summed E-state index contributed by atoms with van der Waals surface area (Å²) < 4.78 is 26.6. The maximum Gasteiger partial charge on any atom is 0.243 e. The van der Waals surface area contributed by atoms with Crippen molar-refractivity contribution in [2.75, 3.05) is 31.5 Å². The van der Waals surface area contributed by atoms with Crippen molar-refractivity contribution < 1.29 is 18.0 Å². The normalized spacial score (nSPS) is 21.0. The highest BCUT2D eigenvalue weighted by Crippen LogP contribution is 2.24. The Hall–Kier alpha value is -1.93. The average Bonchev–Trinajstić information content (AvgIpc) is 3.31. The number of hydrogen-bond acceptors (Lipinski definition) is 4. The Labute approximate surface area is 160 Å². The van der Waals surface area contributed by atoms with Crippen LogP contribution in [0.3, 0.4) is 0 Å². The van der Waals surface area contributed by atoms with Gasteiger partial charge in [0.1, 0.15) is 0 Å². The number of carbonyl (C=O) groups is 2. The molecule has 0 spiro atoms. The predicted molar refractivity (Wildman–Crippen MR) is 103 cm³/mol. The number of nitrogens with zero attached hydrogens (tertiary/aromatic N) is 2. The third-order valence-corrected chi connectivity index (χ3v) is 7.10. The molecule has 0 bridgehead atoms. The molecule has 0 saturated carbocycles. The number of hydrogen-bond donors (Lipinski definition) is 1. The SMILES string of the molecule is CCCCN1C[C@@H](C(=O)Nc2ccc(S(=O)(=O)N3CCCC3)cc2)CC1=O. The minimum atomic E-state index is -3.45. The van der Waals surface area contributed by atoms with Crippen molar-refractivity contribution in [2.24, 2.45) is 5.92 Å². The maximum atomic E-state index is 12.5. The van der Waals surface area contributed by atoms with Crippen LogP contribution in [-0.2, 0) is 19.6 Å². The lowest BCUT2D eigenvalue weighted by atomic mass is 10.1. The topological polar surface area (TPSA) is 86.8 Å². The Morgan fingerprint density at radius 2 is 1.85 bits per heavy atom. The van der Waals surface area contributed by atoms with Gasteiger partial charge in [-0.2, -0.15) is 4.31 Å². The van der Waals surface area contributed by atoms with Crippen molar-refractivity contribution >= 4 is 27.5 Å². The lowest BCUT2D eigenvalue weighted by Crippen LogP contribution is -2.29. The second kappa shape index (κ2) is 8.39. The minimum Gasteiger partial charge on any atom is -0.342 e. The smallest absolute Gasteiger partial charge is 0.243 e. The molecule has 2 aliphatic heterocycles. The third-order valence-electron chi connectivity index (χ3n) is 5.19. The highest BCUT2D eigenvalue weighted by molar-refractivity contribution is 7.89. The Balaban J connectivity index is 1.60. The third kappa shape index (κ3) is 4.50. The van der Waals surface area contributed by atoms with E-state index in [-0.39, 0.29) is 29.0 Å². The lowest BCUT2D eigenvalue weighted by Gasteiger charge is -2.17. The Morgan fingerprint density at radius 1 is 1.19 bits per heavy atom. The molecule has 1 aromatic carbocycles. The number of carbonyl (C=O) groups excluding carboxylic acids is 2. The standard InChI is InChI=1S/C19H27N3O4S/c1-2-3-10-21-14-15(13-18(21)23)19(24)20-16-6-8-17(9-7-16)27(25,26)22-11-4-5-12-22/h6-9,15H,2-5,10-14H2,1H3,(H,20,24)/t15-/m0/s1. The number of unbranched alkanes of at least 4 members (excludes halogenated alkanes) is 1. The summed E-state index contributed by atoms with van der Waals surface area (Å²) >= 11 is 0. The Bertz CT molecular complexity index is 786. The summed E-state index contributed by atoms with van der Waals surface area (Å²) in [4.78, 5) is 26.4. The second-order valence-corrected chi connectivity index (χ2v) is 9.16. The van der Waals surface area contributed by atoms with Crippen LogP contribution in [0.15, 0.2) is 29.2 Å².